The standard InChI is InChI=1S/C23H21ClFN5O4/c1-33-18-4-2-15(3-5-18)13-34-23-20(24)22(30-9-8-29(14-31)11-17(32)12-30)27-21(28-23)16-6-7-26-19(25)10-16/h2-7,10,14H,8-9,11-13H2,1H3. The van der Waals surface area contributed by atoms with Gasteiger partial charge in [0.2, 0.25) is 18.2 Å². The van der Waals surface area contributed by atoms with Gasteiger partial charge in [-0.15, -0.1) is 0 Å². The molecule has 0 bridgehead atoms. The highest BCUT2D eigenvalue weighted by Crippen LogP contribution is 2.35. The summed E-state index contributed by atoms with van der Waals surface area (Å²) in [6.07, 6.45) is 1.94. The molecule has 2 aromatic heterocycles. The molecule has 1 aliphatic rings. The number of anilines is 1. The second-order valence-corrected chi connectivity index (χ2v) is 7.91. The quantitative estimate of drug-likeness (QED) is 0.372. The zero-order valence-electron chi connectivity index (χ0n) is 18.3. The van der Waals surface area contributed by atoms with E-state index in [0.717, 1.165) is 5.56 Å². The number of carbonyl (C=O) groups is 2. The van der Waals surface area contributed by atoms with Crippen molar-refractivity contribution >= 4 is 29.6 Å². The van der Waals surface area contributed by atoms with Crippen LogP contribution in [0, 0.1) is 5.95 Å². The molecule has 1 amide bonds. The van der Waals surface area contributed by atoms with Gasteiger partial charge in [-0.1, -0.05) is 23.7 Å². The minimum Gasteiger partial charge on any atom is -0.497 e. The summed E-state index contributed by atoms with van der Waals surface area (Å²) in [4.78, 5) is 39.1. The van der Waals surface area contributed by atoms with Gasteiger partial charge in [0, 0.05) is 30.9 Å². The minimum absolute atomic E-state index is 0.00311. The third-order valence-corrected chi connectivity index (χ3v) is 5.51. The Hall–Kier alpha value is -3.79. The third-order valence-electron chi connectivity index (χ3n) is 5.18. The molecular formula is C23H21ClFN5O4. The van der Waals surface area contributed by atoms with Crippen molar-refractivity contribution in [2.45, 2.75) is 6.61 Å². The van der Waals surface area contributed by atoms with E-state index in [0.29, 0.717) is 30.8 Å². The number of methoxy groups -OCH3 is 1. The molecule has 0 saturated carbocycles. The predicted octanol–water partition coefficient (Wildman–Crippen LogP) is 2.77. The molecule has 1 aliphatic heterocycles. The SMILES string of the molecule is COc1ccc(COc2nc(-c3ccnc(F)c3)nc(N3CCN(C=O)CC(=O)C3)c2Cl)cc1. The molecule has 9 nitrogen and oxygen atoms in total. The molecule has 0 radical (unpaired) electrons. The predicted molar refractivity (Wildman–Crippen MR) is 122 cm³/mol. The highest BCUT2D eigenvalue weighted by Gasteiger charge is 2.25. The van der Waals surface area contributed by atoms with E-state index in [1.807, 2.05) is 12.1 Å². The van der Waals surface area contributed by atoms with Crippen molar-refractivity contribution in [2.24, 2.45) is 0 Å². The van der Waals surface area contributed by atoms with Gasteiger partial charge in [-0.2, -0.15) is 9.37 Å². The summed E-state index contributed by atoms with van der Waals surface area (Å²) in [6, 6.07) is 10.1. The van der Waals surface area contributed by atoms with E-state index in [1.54, 1.807) is 30.2 Å². The van der Waals surface area contributed by atoms with Gasteiger partial charge in [-0.05, 0) is 23.8 Å². The smallest absolute Gasteiger partial charge is 0.238 e. The van der Waals surface area contributed by atoms with E-state index in [9.17, 15) is 14.0 Å². The molecule has 4 rings (SSSR count). The lowest BCUT2D eigenvalue weighted by Crippen LogP contribution is -2.31. The van der Waals surface area contributed by atoms with Crippen LogP contribution in [0.15, 0.2) is 42.6 Å². The number of ether oxygens (including phenoxy) is 2. The van der Waals surface area contributed by atoms with E-state index in [-0.39, 0.29) is 48.0 Å². The van der Waals surface area contributed by atoms with Crippen molar-refractivity contribution in [1.29, 1.82) is 0 Å². The van der Waals surface area contributed by atoms with Crippen molar-refractivity contribution in [1.82, 2.24) is 19.9 Å². The zero-order chi connectivity index (χ0) is 24.1. The number of hydrogen-bond donors (Lipinski definition) is 0. The van der Waals surface area contributed by atoms with E-state index in [1.165, 1.54) is 17.2 Å². The van der Waals surface area contributed by atoms with Gasteiger partial charge in [-0.25, -0.2) is 9.97 Å². The van der Waals surface area contributed by atoms with E-state index in [4.69, 9.17) is 21.1 Å². The third kappa shape index (κ3) is 5.40. The van der Waals surface area contributed by atoms with Crippen LogP contribution in [-0.4, -0.2) is 65.3 Å². The second kappa shape index (κ2) is 10.4. The number of carbonyl (C=O) groups excluding carboxylic acids is 2. The Bertz CT molecular complexity index is 1190. The van der Waals surface area contributed by atoms with Crippen molar-refractivity contribution in [3.8, 4) is 23.0 Å². The molecule has 1 fully saturated rings. The van der Waals surface area contributed by atoms with Crippen molar-refractivity contribution in [3.63, 3.8) is 0 Å². The van der Waals surface area contributed by atoms with Gasteiger partial charge < -0.3 is 19.3 Å². The summed E-state index contributed by atoms with van der Waals surface area (Å²) in [6.45, 7) is 0.803. The molecule has 0 unspecified atom stereocenters. The van der Waals surface area contributed by atoms with Crippen LogP contribution in [0.25, 0.3) is 11.4 Å². The molecule has 11 heteroatoms. The number of benzene rings is 1. The molecule has 176 valence electrons. The molecule has 0 atom stereocenters. The van der Waals surface area contributed by atoms with Gasteiger partial charge in [0.15, 0.2) is 17.4 Å². The number of aromatic nitrogens is 3. The lowest BCUT2D eigenvalue weighted by Gasteiger charge is -2.23. The van der Waals surface area contributed by atoms with Gasteiger partial charge in [0.05, 0.1) is 20.2 Å². The number of ketones is 1. The maximum absolute atomic E-state index is 13.8. The molecule has 1 aromatic carbocycles. The Labute approximate surface area is 200 Å². The molecule has 3 heterocycles. The average molecular weight is 486 g/mol. The lowest BCUT2D eigenvalue weighted by atomic mass is 10.2. The largest absolute Gasteiger partial charge is 0.497 e. The van der Waals surface area contributed by atoms with Gasteiger partial charge in [0.1, 0.15) is 17.4 Å². The summed E-state index contributed by atoms with van der Waals surface area (Å²) < 4.78 is 24.9. The van der Waals surface area contributed by atoms with E-state index < -0.39 is 5.95 Å². The highest BCUT2D eigenvalue weighted by molar-refractivity contribution is 6.34. The fourth-order valence-electron chi connectivity index (χ4n) is 3.43. The number of nitrogens with zero attached hydrogens (tertiary/aromatic N) is 5. The van der Waals surface area contributed by atoms with Crippen LogP contribution in [0.5, 0.6) is 11.6 Å². The normalized spacial score (nSPS) is 14.0. The van der Waals surface area contributed by atoms with Crippen molar-refractivity contribution in [3.05, 3.63) is 59.1 Å². The van der Waals surface area contributed by atoms with Crippen LogP contribution in [0.1, 0.15) is 5.56 Å². The molecule has 3 aromatic rings. The molecule has 0 spiro atoms. The summed E-state index contributed by atoms with van der Waals surface area (Å²) in [5, 5.41) is 0.110. The van der Waals surface area contributed by atoms with Crippen LogP contribution in [0.4, 0.5) is 10.2 Å². The summed E-state index contributed by atoms with van der Waals surface area (Å²) >= 11 is 6.63. The number of rotatable bonds is 7. The Morgan fingerprint density at radius 2 is 1.94 bits per heavy atom. The zero-order valence-corrected chi connectivity index (χ0v) is 19.0. The first-order valence-electron chi connectivity index (χ1n) is 10.4. The number of hydrogen-bond acceptors (Lipinski definition) is 8. The van der Waals surface area contributed by atoms with Gasteiger partial charge >= 0.3 is 0 Å². The first kappa shape index (κ1) is 23.4. The van der Waals surface area contributed by atoms with Gasteiger partial charge in [-0.3, -0.25) is 9.59 Å². The Morgan fingerprint density at radius 1 is 1.15 bits per heavy atom. The van der Waals surface area contributed by atoms with Crippen LogP contribution in [0.2, 0.25) is 5.02 Å². The summed E-state index contributed by atoms with van der Waals surface area (Å²) in [5.41, 5.74) is 1.22. The van der Waals surface area contributed by atoms with Crippen LogP contribution in [0.3, 0.4) is 0 Å². The van der Waals surface area contributed by atoms with Crippen molar-refractivity contribution < 1.29 is 23.5 Å². The number of amides is 1. The van der Waals surface area contributed by atoms with Crippen molar-refractivity contribution in [2.75, 3.05) is 38.2 Å². The fraction of sp³-hybridized carbons (Fsp3) is 0.261. The van der Waals surface area contributed by atoms with E-state index >= 15 is 0 Å². The Morgan fingerprint density at radius 3 is 2.65 bits per heavy atom. The number of halogens is 2. The topological polar surface area (TPSA) is 97.8 Å². The Balaban J connectivity index is 1.70. The monoisotopic (exact) mass is 485 g/mol. The highest BCUT2D eigenvalue weighted by atomic mass is 35.5. The first-order valence-corrected chi connectivity index (χ1v) is 10.8. The maximum Gasteiger partial charge on any atom is 0.238 e. The molecule has 1 saturated heterocycles. The van der Waals surface area contributed by atoms with Crippen LogP contribution < -0.4 is 14.4 Å². The molecule has 34 heavy (non-hydrogen) atoms. The average Bonchev–Trinajstić information content (AvgIpc) is 3.04. The second-order valence-electron chi connectivity index (χ2n) is 7.53. The fourth-order valence-corrected chi connectivity index (χ4v) is 3.69. The molecule has 0 N–H and O–H groups in total. The van der Waals surface area contributed by atoms with E-state index in [2.05, 4.69) is 15.0 Å². The summed E-state index contributed by atoms with van der Waals surface area (Å²) in [5.74, 6) is 0.354. The lowest BCUT2D eigenvalue weighted by molar-refractivity contribution is -0.125. The molecular weight excluding hydrogens is 465 g/mol. The first-order chi connectivity index (χ1) is 16.5. The van der Waals surface area contributed by atoms with Crippen LogP contribution >= 0.6 is 11.6 Å². The maximum atomic E-state index is 13.8. The summed E-state index contributed by atoms with van der Waals surface area (Å²) in [7, 11) is 1.58. The number of pyridine rings is 1. The molecule has 0 aliphatic carbocycles. The Kier molecular flexibility index (Phi) is 7.17. The minimum atomic E-state index is -0.690. The van der Waals surface area contributed by atoms with Gasteiger partial charge in [0.25, 0.3) is 0 Å². The van der Waals surface area contributed by atoms with Crippen LogP contribution in [-0.2, 0) is 16.2 Å². The number of Topliss-reactive ketones (excluding diaryl/α,β-unsaturated/α-hetero) is 1.